The van der Waals surface area contributed by atoms with Crippen LogP contribution in [-0.2, 0) is 12.3 Å². The minimum atomic E-state index is 0.644. The Morgan fingerprint density at radius 3 is 2.67 bits per heavy atom. The third-order valence-corrected chi connectivity index (χ3v) is 7.55. The summed E-state index contributed by atoms with van der Waals surface area (Å²) in [6.07, 6.45) is 2.53. The molecule has 4 aromatic rings. The number of tetrazole rings is 1. The van der Waals surface area contributed by atoms with Gasteiger partial charge in [0.2, 0.25) is 0 Å². The van der Waals surface area contributed by atoms with Crippen LogP contribution in [0.25, 0.3) is 15.9 Å². The lowest BCUT2D eigenvalue weighted by molar-refractivity contribution is 0.322. The molecule has 30 heavy (non-hydrogen) atoms. The monoisotopic (exact) mass is 437 g/mol. The fourth-order valence-electron chi connectivity index (χ4n) is 3.77. The van der Waals surface area contributed by atoms with E-state index in [4.69, 9.17) is 9.97 Å². The Morgan fingerprint density at radius 2 is 1.87 bits per heavy atom. The van der Waals surface area contributed by atoms with Gasteiger partial charge in [-0.05, 0) is 67.9 Å². The first-order chi connectivity index (χ1) is 14.7. The number of thioether (sulfide) groups is 1. The second-order valence-corrected chi connectivity index (χ2v) is 9.69. The summed E-state index contributed by atoms with van der Waals surface area (Å²) in [6, 6.07) is 9.99. The zero-order chi connectivity index (χ0) is 20.5. The number of benzene rings is 1. The highest BCUT2D eigenvalue weighted by molar-refractivity contribution is 7.98. The first-order valence-corrected chi connectivity index (χ1v) is 11.9. The Bertz CT molecular complexity index is 1160. The van der Waals surface area contributed by atoms with E-state index in [1.54, 1.807) is 27.8 Å². The normalized spacial score (nSPS) is 14.7. The van der Waals surface area contributed by atoms with Crippen molar-refractivity contribution in [3.63, 3.8) is 0 Å². The van der Waals surface area contributed by atoms with E-state index < -0.39 is 0 Å². The number of aryl methyl sites for hydroxylation is 2. The maximum Gasteiger partial charge on any atom is 0.166 e. The van der Waals surface area contributed by atoms with Gasteiger partial charge in [-0.15, -0.1) is 16.4 Å². The molecule has 0 amide bonds. The van der Waals surface area contributed by atoms with E-state index in [2.05, 4.69) is 34.3 Å². The molecule has 1 aliphatic rings. The molecule has 1 aromatic carbocycles. The summed E-state index contributed by atoms with van der Waals surface area (Å²) in [5.74, 6) is 2.37. The summed E-state index contributed by atoms with van der Waals surface area (Å²) in [5, 5.41) is 14.5. The third-order valence-electron chi connectivity index (χ3n) is 5.48. The lowest BCUT2D eigenvalue weighted by Crippen LogP contribution is -2.20. The molecule has 0 N–H and O–H groups in total. The highest BCUT2D eigenvalue weighted by Gasteiger charge is 2.19. The molecule has 3 aromatic heterocycles. The van der Waals surface area contributed by atoms with Crippen LogP contribution in [0.1, 0.15) is 34.9 Å². The molecule has 1 aliphatic heterocycles. The molecular weight excluding hydrogens is 414 g/mol. The maximum atomic E-state index is 4.98. The fourth-order valence-corrected chi connectivity index (χ4v) is 5.89. The third kappa shape index (κ3) is 3.84. The van der Waals surface area contributed by atoms with Crippen molar-refractivity contribution in [1.82, 2.24) is 35.1 Å². The quantitative estimate of drug-likeness (QED) is 0.331. The van der Waals surface area contributed by atoms with E-state index >= 15 is 0 Å². The molecule has 1 fully saturated rings. The van der Waals surface area contributed by atoms with Crippen LogP contribution in [0.15, 0.2) is 35.4 Å². The van der Waals surface area contributed by atoms with Gasteiger partial charge in [0.05, 0.1) is 18.0 Å². The van der Waals surface area contributed by atoms with E-state index in [-0.39, 0.29) is 0 Å². The molecule has 1 saturated heterocycles. The molecule has 0 atom stereocenters. The van der Waals surface area contributed by atoms with Gasteiger partial charge in [-0.2, -0.15) is 4.68 Å². The maximum absolute atomic E-state index is 4.98. The topological polar surface area (TPSA) is 72.6 Å². The largest absolute Gasteiger partial charge is 0.296 e. The van der Waals surface area contributed by atoms with Crippen LogP contribution in [0.4, 0.5) is 0 Å². The molecule has 0 aliphatic carbocycles. The summed E-state index contributed by atoms with van der Waals surface area (Å²) in [7, 11) is 0. The zero-order valence-electron chi connectivity index (χ0n) is 17.1. The van der Waals surface area contributed by atoms with Gasteiger partial charge in [-0.25, -0.2) is 9.97 Å². The van der Waals surface area contributed by atoms with Crippen molar-refractivity contribution in [3.05, 3.63) is 52.4 Å². The van der Waals surface area contributed by atoms with Crippen molar-refractivity contribution in [3.8, 4) is 5.69 Å². The number of rotatable bonds is 6. The van der Waals surface area contributed by atoms with E-state index in [0.29, 0.717) is 5.75 Å². The Balaban J connectivity index is 1.46. The number of nitrogens with zero attached hydrogens (tertiary/aromatic N) is 7. The summed E-state index contributed by atoms with van der Waals surface area (Å²) < 4.78 is 1.79. The first-order valence-electron chi connectivity index (χ1n) is 10.1. The summed E-state index contributed by atoms with van der Waals surface area (Å²) in [5.41, 5.74) is 2.23. The van der Waals surface area contributed by atoms with Crippen molar-refractivity contribution in [1.29, 1.82) is 0 Å². The van der Waals surface area contributed by atoms with Crippen molar-refractivity contribution < 1.29 is 0 Å². The van der Waals surface area contributed by atoms with Gasteiger partial charge in [0.1, 0.15) is 15.7 Å². The molecule has 9 heteroatoms. The van der Waals surface area contributed by atoms with E-state index in [1.807, 2.05) is 30.3 Å². The van der Waals surface area contributed by atoms with Crippen LogP contribution in [0.2, 0.25) is 0 Å². The van der Waals surface area contributed by atoms with Crippen molar-refractivity contribution in [2.24, 2.45) is 0 Å². The van der Waals surface area contributed by atoms with E-state index in [0.717, 1.165) is 46.8 Å². The van der Waals surface area contributed by atoms with Crippen LogP contribution >= 0.6 is 23.1 Å². The average molecular weight is 438 g/mol. The number of hydrogen-bond acceptors (Lipinski definition) is 8. The van der Waals surface area contributed by atoms with Crippen LogP contribution in [-0.4, -0.2) is 48.2 Å². The number of likely N-dealkylation sites (tertiary alicyclic amines) is 1. The van der Waals surface area contributed by atoms with Gasteiger partial charge in [0.25, 0.3) is 0 Å². The predicted molar refractivity (Wildman–Crippen MR) is 120 cm³/mol. The van der Waals surface area contributed by atoms with Crippen LogP contribution in [0.3, 0.4) is 0 Å². The van der Waals surface area contributed by atoms with Gasteiger partial charge in [0.15, 0.2) is 5.82 Å². The molecule has 0 radical (unpaired) electrons. The van der Waals surface area contributed by atoms with E-state index in [9.17, 15) is 0 Å². The molecule has 5 rings (SSSR count). The number of fused-ring (bicyclic) bond motifs is 1. The smallest absolute Gasteiger partial charge is 0.166 e. The van der Waals surface area contributed by atoms with Crippen LogP contribution < -0.4 is 0 Å². The number of aromatic nitrogens is 6. The van der Waals surface area contributed by atoms with Crippen molar-refractivity contribution >= 4 is 33.3 Å². The Hall–Kier alpha value is -2.36. The minimum Gasteiger partial charge on any atom is -0.296 e. The number of thiophene rings is 1. The molecule has 7 nitrogen and oxygen atoms in total. The van der Waals surface area contributed by atoms with E-state index in [1.165, 1.54) is 28.7 Å². The van der Waals surface area contributed by atoms with Crippen molar-refractivity contribution in [2.75, 3.05) is 13.1 Å². The average Bonchev–Trinajstić information content (AvgIpc) is 3.49. The first kappa shape index (κ1) is 19.6. The van der Waals surface area contributed by atoms with Gasteiger partial charge >= 0.3 is 0 Å². The van der Waals surface area contributed by atoms with Gasteiger partial charge in [0, 0.05) is 10.3 Å². The minimum absolute atomic E-state index is 0.644. The second-order valence-electron chi connectivity index (χ2n) is 7.52. The Morgan fingerprint density at radius 1 is 1.07 bits per heavy atom. The number of para-hydroxylation sites is 1. The molecule has 4 heterocycles. The SMILES string of the molecule is Cc1sc2nc(CN3CCCC3)nc(SCc3nnnn3-c3ccccc3)c2c1C. The molecule has 0 spiro atoms. The summed E-state index contributed by atoms with van der Waals surface area (Å²) in [6.45, 7) is 7.42. The Kier molecular flexibility index (Phi) is 5.49. The van der Waals surface area contributed by atoms with Gasteiger partial charge < -0.3 is 0 Å². The number of hydrogen-bond donors (Lipinski definition) is 0. The zero-order valence-corrected chi connectivity index (χ0v) is 18.7. The van der Waals surface area contributed by atoms with Gasteiger partial charge in [-0.3, -0.25) is 4.90 Å². The van der Waals surface area contributed by atoms with Crippen LogP contribution in [0.5, 0.6) is 0 Å². The highest BCUT2D eigenvalue weighted by atomic mass is 32.2. The highest BCUT2D eigenvalue weighted by Crippen LogP contribution is 2.36. The molecule has 0 saturated carbocycles. The molecule has 0 bridgehead atoms. The summed E-state index contributed by atoms with van der Waals surface area (Å²) >= 11 is 3.45. The van der Waals surface area contributed by atoms with Crippen molar-refractivity contribution in [2.45, 2.75) is 44.0 Å². The lowest BCUT2D eigenvalue weighted by Gasteiger charge is -2.14. The summed E-state index contributed by atoms with van der Waals surface area (Å²) in [4.78, 5) is 14.7. The second kappa shape index (κ2) is 8.41. The fraction of sp³-hybridized carbons (Fsp3) is 0.381. The van der Waals surface area contributed by atoms with Gasteiger partial charge in [-0.1, -0.05) is 30.0 Å². The molecule has 154 valence electrons. The van der Waals surface area contributed by atoms with Crippen LogP contribution in [0, 0.1) is 13.8 Å². The lowest BCUT2D eigenvalue weighted by atomic mass is 10.2. The Labute approximate surface area is 183 Å². The standard InChI is InChI=1S/C21H23N7S2/c1-14-15(2)30-21-19(14)20(22-17(23-21)12-27-10-6-7-11-27)29-13-18-24-25-26-28(18)16-8-4-3-5-9-16/h3-5,8-9H,6-7,10-13H2,1-2H3. The molecular formula is C21H23N7S2. The predicted octanol–water partition coefficient (Wildman–Crippen LogP) is 4.17. The molecule has 0 unspecified atom stereocenters.